The summed E-state index contributed by atoms with van der Waals surface area (Å²) >= 11 is 0. The van der Waals surface area contributed by atoms with Crippen LogP contribution >= 0.6 is 0 Å². The Morgan fingerprint density at radius 1 is 1.36 bits per heavy atom. The van der Waals surface area contributed by atoms with Crippen LogP contribution in [-0.2, 0) is 15.0 Å². The van der Waals surface area contributed by atoms with Crippen molar-refractivity contribution >= 4 is 21.8 Å². The maximum atomic E-state index is 14.4. The molecule has 7 nitrogen and oxygen atoms in total. The molecule has 120 valence electrons. The van der Waals surface area contributed by atoms with Crippen molar-refractivity contribution < 1.29 is 22.7 Å². The summed E-state index contributed by atoms with van der Waals surface area (Å²) < 4.78 is 40.2. The third-order valence-corrected chi connectivity index (χ3v) is 5.28. The molecular formula is C13H16FN3O4S. The molecule has 1 unspecified atom stereocenters. The third kappa shape index (κ3) is 2.61. The van der Waals surface area contributed by atoms with Gasteiger partial charge in [0, 0.05) is 6.54 Å². The first-order valence-electron chi connectivity index (χ1n) is 6.95. The van der Waals surface area contributed by atoms with Crippen molar-refractivity contribution in [3.05, 3.63) is 23.5 Å². The van der Waals surface area contributed by atoms with Crippen molar-refractivity contribution in [3.8, 4) is 5.75 Å². The summed E-state index contributed by atoms with van der Waals surface area (Å²) in [5, 5.41) is 13.3. The zero-order valence-corrected chi connectivity index (χ0v) is 12.5. The maximum Gasteiger partial charge on any atom is 0.326 e. The molecule has 2 aliphatic rings. The lowest BCUT2D eigenvalue weighted by atomic mass is 9.91. The highest BCUT2D eigenvalue weighted by atomic mass is 32.2. The number of nitrogens with zero attached hydrogens (tertiary/aromatic N) is 1. The number of amides is 1. The lowest BCUT2D eigenvalue weighted by Crippen LogP contribution is -2.31. The highest BCUT2D eigenvalue weighted by Gasteiger charge is 2.37. The molecular weight excluding hydrogens is 313 g/mol. The normalized spacial score (nSPS) is 24.3. The van der Waals surface area contributed by atoms with Gasteiger partial charge < -0.3 is 10.4 Å². The van der Waals surface area contributed by atoms with Gasteiger partial charge in [0.15, 0.2) is 5.82 Å². The molecule has 2 saturated heterocycles. The SMILES string of the molecule is O=C1CN(c2c(O)cc(C3CCCNC3)cc2F)S(=O)(=O)N1. The number of phenols is 1. The van der Waals surface area contributed by atoms with E-state index in [1.165, 1.54) is 12.1 Å². The van der Waals surface area contributed by atoms with Crippen LogP contribution in [0, 0.1) is 5.82 Å². The van der Waals surface area contributed by atoms with E-state index in [1.54, 1.807) is 4.72 Å². The largest absolute Gasteiger partial charge is 0.506 e. The number of carbonyl (C=O) groups is 1. The van der Waals surface area contributed by atoms with Gasteiger partial charge in [0.25, 0.3) is 5.91 Å². The predicted molar refractivity (Wildman–Crippen MR) is 77.3 cm³/mol. The number of aromatic hydroxyl groups is 1. The Kier molecular flexibility index (Phi) is 3.69. The summed E-state index contributed by atoms with van der Waals surface area (Å²) in [5.74, 6) is -2.04. The van der Waals surface area contributed by atoms with E-state index in [2.05, 4.69) is 5.32 Å². The molecule has 0 radical (unpaired) electrons. The number of piperidine rings is 1. The Labute approximate surface area is 127 Å². The van der Waals surface area contributed by atoms with E-state index in [9.17, 15) is 22.7 Å². The van der Waals surface area contributed by atoms with Gasteiger partial charge in [-0.1, -0.05) is 0 Å². The van der Waals surface area contributed by atoms with Crippen molar-refractivity contribution in [3.63, 3.8) is 0 Å². The van der Waals surface area contributed by atoms with Gasteiger partial charge in [-0.3, -0.25) is 4.79 Å². The van der Waals surface area contributed by atoms with Crippen LogP contribution in [0.2, 0.25) is 0 Å². The first kappa shape index (κ1) is 15.0. The Morgan fingerprint density at radius 2 is 2.14 bits per heavy atom. The summed E-state index contributed by atoms with van der Waals surface area (Å²) in [6, 6.07) is 2.60. The number of nitrogens with one attached hydrogen (secondary N) is 2. The number of rotatable bonds is 2. The minimum absolute atomic E-state index is 0.0677. The fraction of sp³-hybridized carbons (Fsp3) is 0.462. The second-order valence-corrected chi connectivity index (χ2v) is 7.05. The van der Waals surface area contributed by atoms with Crippen LogP contribution in [-0.4, -0.2) is 39.1 Å². The molecule has 2 aliphatic heterocycles. The van der Waals surface area contributed by atoms with Crippen LogP contribution in [0.5, 0.6) is 5.75 Å². The van der Waals surface area contributed by atoms with Crippen molar-refractivity contribution in [1.82, 2.24) is 10.0 Å². The topological polar surface area (TPSA) is 98.7 Å². The van der Waals surface area contributed by atoms with E-state index in [0.717, 1.165) is 19.4 Å². The molecule has 3 rings (SSSR count). The number of halogens is 1. The standard InChI is InChI=1S/C13H16FN3O4S/c14-10-4-9(8-2-1-3-15-6-8)5-11(18)13(10)17-7-12(19)16-22(17,20)21/h4-5,8,15,18H,1-3,6-7H2,(H,16,19). The van der Waals surface area contributed by atoms with Crippen molar-refractivity contribution in [2.45, 2.75) is 18.8 Å². The summed E-state index contributed by atoms with van der Waals surface area (Å²) in [6.07, 6.45) is 1.82. The Hall–Kier alpha value is -1.87. The van der Waals surface area contributed by atoms with E-state index < -0.39 is 39.9 Å². The molecule has 9 heteroatoms. The van der Waals surface area contributed by atoms with E-state index in [0.29, 0.717) is 16.4 Å². The van der Waals surface area contributed by atoms with Crippen molar-refractivity contribution in [2.75, 3.05) is 23.9 Å². The van der Waals surface area contributed by atoms with Crippen molar-refractivity contribution in [1.29, 1.82) is 0 Å². The average molecular weight is 329 g/mol. The molecule has 1 amide bonds. The monoisotopic (exact) mass is 329 g/mol. The number of benzene rings is 1. The minimum Gasteiger partial charge on any atom is -0.506 e. The zero-order valence-electron chi connectivity index (χ0n) is 11.7. The molecule has 2 fully saturated rings. The van der Waals surface area contributed by atoms with Gasteiger partial charge >= 0.3 is 10.2 Å². The molecule has 0 spiro atoms. The van der Waals surface area contributed by atoms with E-state index in [1.807, 2.05) is 0 Å². The number of carbonyl (C=O) groups excluding carboxylic acids is 1. The van der Waals surface area contributed by atoms with E-state index >= 15 is 0 Å². The first-order valence-corrected chi connectivity index (χ1v) is 8.39. The molecule has 2 heterocycles. The van der Waals surface area contributed by atoms with Gasteiger partial charge in [-0.2, -0.15) is 8.42 Å². The molecule has 22 heavy (non-hydrogen) atoms. The first-order chi connectivity index (χ1) is 10.4. The van der Waals surface area contributed by atoms with Crippen molar-refractivity contribution in [2.24, 2.45) is 0 Å². The molecule has 0 bridgehead atoms. The molecule has 0 saturated carbocycles. The smallest absolute Gasteiger partial charge is 0.326 e. The van der Waals surface area contributed by atoms with E-state index in [-0.39, 0.29) is 5.92 Å². The van der Waals surface area contributed by atoms with E-state index in [4.69, 9.17) is 0 Å². The molecule has 1 atom stereocenters. The quantitative estimate of drug-likeness (QED) is 0.719. The molecule has 0 aromatic heterocycles. The second kappa shape index (κ2) is 5.40. The fourth-order valence-corrected chi connectivity index (χ4v) is 4.04. The van der Waals surface area contributed by atoms with Crippen LogP contribution in [0.3, 0.4) is 0 Å². The highest BCUT2D eigenvalue weighted by molar-refractivity contribution is 7.92. The lowest BCUT2D eigenvalue weighted by Gasteiger charge is -2.24. The van der Waals surface area contributed by atoms with Crippen LogP contribution in [0.25, 0.3) is 0 Å². The molecule has 1 aromatic rings. The minimum atomic E-state index is -4.15. The van der Waals surface area contributed by atoms with Gasteiger partial charge in [-0.15, -0.1) is 0 Å². The van der Waals surface area contributed by atoms with Crippen LogP contribution < -0.4 is 14.3 Å². The number of anilines is 1. The zero-order chi connectivity index (χ0) is 15.9. The van der Waals surface area contributed by atoms with Crippen LogP contribution in [0.4, 0.5) is 10.1 Å². The molecule has 0 aliphatic carbocycles. The maximum absolute atomic E-state index is 14.4. The van der Waals surface area contributed by atoms with Gasteiger partial charge in [0.2, 0.25) is 0 Å². The van der Waals surface area contributed by atoms with Gasteiger partial charge in [0.1, 0.15) is 18.0 Å². The van der Waals surface area contributed by atoms with Crippen LogP contribution in [0.15, 0.2) is 12.1 Å². The predicted octanol–water partition coefficient (Wildman–Crippen LogP) is 0.179. The number of hydrogen-bond donors (Lipinski definition) is 3. The summed E-state index contributed by atoms with van der Waals surface area (Å²) in [4.78, 5) is 11.2. The summed E-state index contributed by atoms with van der Waals surface area (Å²) in [5.41, 5.74) is 0.118. The van der Waals surface area contributed by atoms with Gasteiger partial charge in [-0.25, -0.2) is 13.4 Å². The Bertz CT molecular complexity index is 693. The third-order valence-electron chi connectivity index (χ3n) is 3.90. The second-order valence-electron chi connectivity index (χ2n) is 5.45. The molecule has 1 aromatic carbocycles. The summed E-state index contributed by atoms with van der Waals surface area (Å²) in [7, 11) is -4.15. The lowest BCUT2D eigenvalue weighted by molar-refractivity contribution is -0.117. The Balaban J connectivity index is 1.98. The Morgan fingerprint density at radius 3 is 2.68 bits per heavy atom. The average Bonchev–Trinajstić information content (AvgIpc) is 2.72. The van der Waals surface area contributed by atoms with Crippen LogP contribution in [0.1, 0.15) is 24.3 Å². The fourth-order valence-electron chi connectivity index (χ4n) is 2.87. The molecule has 3 N–H and O–H groups in total. The van der Waals surface area contributed by atoms with Gasteiger partial charge in [0.05, 0.1) is 0 Å². The number of phenolic OH excluding ortho intramolecular Hbond substituents is 1. The van der Waals surface area contributed by atoms with Gasteiger partial charge in [-0.05, 0) is 43.0 Å². The summed E-state index contributed by atoms with van der Waals surface area (Å²) in [6.45, 7) is 1.04. The number of hydrogen-bond acceptors (Lipinski definition) is 5. The highest BCUT2D eigenvalue weighted by Crippen LogP contribution is 2.37.